The van der Waals surface area contributed by atoms with Crippen LogP contribution >= 0.6 is 0 Å². The summed E-state index contributed by atoms with van der Waals surface area (Å²) >= 11 is 0. The Kier molecular flexibility index (Phi) is 9.35. The molecule has 1 rings (SSSR count). The van der Waals surface area contributed by atoms with Gasteiger partial charge in [0.1, 0.15) is 6.04 Å². The molecule has 0 bridgehead atoms. The first-order valence-electron chi connectivity index (χ1n) is 9.59. The van der Waals surface area contributed by atoms with Gasteiger partial charge in [0.25, 0.3) is 0 Å². The number of carbonyl (C=O) groups excluding carboxylic acids is 2. The van der Waals surface area contributed by atoms with Crippen molar-refractivity contribution >= 4 is 11.8 Å². The van der Waals surface area contributed by atoms with Crippen LogP contribution in [0.1, 0.15) is 47.1 Å². The minimum absolute atomic E-state index is 0.0287. The van der Waals surface area contributed by atoms with Crippen LogP contribution in [0.2, 0.25) is 0 Å². The van der Waals surface area contributed by atoms with E-state index in [4.69, 9.17) is 0 Å². The predicted octanol–water partition coefficient (Wildman–Crippen LogP) is 2.60. The van der Waals surface area contributed by atoms with Crippen molar-refractivity contribution < 1.29 is 9.59 Å². The van der Waals surface area contributed by atoms with E-state index in [9.17, 15) is 9.59 Å². The van der Waals surface area contributed by atoms with Gasteiger partial charge >= 0.3 is 0 Å². The summed E-state index contributed by atoms with van der Waals surface area (Å²) in [5.74, 6) is -0.217. The van der Waals surface area contributed by atoms with Crippen LogP contribution in [0.15, 0.2) is 30.3 Å². The molecule has 0 aliphatic carbocycles. The van der Waals surface area contributed by atoms with Gasteiger partial charge in [-0.15, -0.1) is 0 Å². The molecule has 1 unspecified atom stereocenters. The molecule has 0 radical (unpaired) electrons. The highest BCUT2D eigenvalue weighted by atomic mass is 16.2. The van der Waals surface area contributed by atoms with E-state index in [0.717, 1.165) is 12.1 Å². The number of hydrogen-bond acceptors (Lipinski definition) is 3. The summed E-state index contributed by atoms with van der Waals surface area (Å²) in [6.07, 6.45) is 0.284. The van der Waals surface area contributed by atoms with Gasteiger partial charge in [0.15, 0.2) is 0 Å². The van der Waals surface area contributed by atoms with Crippen LogP contribution in [0, 0.1) is 5.92 Å². The molecule has 0 aliphatic heterocycles. The minimum atomic E-state index is -0.516. The highest BCUT2D eigenvalue weighted by Crippen LogP contribution is 2.06. The third-order valence-corrected chi connectivity index (χ3v) is 4.47. The molecule has 2 amide bonds. The van der Waals surface area contributed by atoms with Gasteiger partial charge in [0.05, 0.1) is 6.42 Å². The summed E-state index contributed by atoms with van der Waals surface area (Å²) in [7, 11) is 0. The zero-order valence-corrected chi connectivity index (χ0v) is 17.1. The van der Waals surface area contributed by atoms with E-state index in [1.165, 1.54) is 0 Å². The lowest BCUT2D eigenvalue weighted by molar-refractivity contribution is -0.129. The Labute approximate surface area is 158 Å². The molecule has 146 valence electrons. The zero-order chi connectivity index (χ0) is 19.7. The van der Waals surface area contributed by atoms with Crippen molar-refractivity contribution in [2.45, 2.75) is 66.1 Å². The molecule has 1 aromatic rings. The van der Waals surface area contributed by atoms with Gasteiger partial charge in [0, 0.05) is 25.2 Å². The molecule has 0 aliphatic rings. The van der Waals surface area contributed by atoms with Gasteiger partial charge in [-0.2, -0.15) is 0 Å². The number of benzene rings is 1. The standard InChI is InChI=1S/C21H35N3O2/c1-15(2)20(23-19(25)14-18-10-8-7-9-11-18)21(26)22-12-13-24(16(3)4)17(5)6/h7-11,15-17,20H,12-14H2,1-6H3,(H,22,26)(H,23,25). The summed E-state index contributed by atoms with van der Waals surface area (Å²) in [5, 5.41) is 5.86. The molecule has 0 saturated heterocycles. The Hall–Kier alpha value is -1.88. The summed E-state index contributed by atoms with van der Waals surface area (Å²) in [5.41, 5.74) is 0.942. The smallest absolute Gasteiger partial charge is 0.242 e. The number of nitrogens with one attached hydrogen (secondary N) is 2. The van der Waals surface area contributed by atoms with E-state index in [1.54, 1.807) is 0 Å². The lowest BCUT2D eigenvalue weighted by Crippen LogP contribution is -2.51. The van der Waals surface area contributed by atoms with E-state index in [1.807, 2.05) is 44.2 Å². The molecule has 2 N–H and O–H groups in total. The van der Waals surface area contributed by atoms with Gasteiger partial charge in [0.2, 0.25) is 11.8 Å². The Morgan fingerprint density at radius 3 is 2.04 bits per heavy atom. The highest BCUT2D eigenvalue weighted by Gasteiger charge is 2.24. The van der Waals surface area contributed by atoms with Crippen LogP contribution in [0.25, 0.3) is 0 Å². The number of hydrogen-bond donors (Lipinski definition) is 2. The van der Waals surface area contributed by atoms with E-state index in [-0.39, 0.29) is 24.2 Å². The Morgan fingerprint density at radius 2 is 1.54 bits per heavy atom. The number of carbonyl (C=O) groups is 2. The van der Waals surface area contributed by atoms with Crippen LogP contribution in [-0.4, -0.2) is 47.9 Å². The fraction of sp³-hybridized carbons (Fsp3) is 0.619. The monoisotopic (exact) mass is 361 g/mol. The average molecular weight is 362 g/mol. The summed E-state index contributed by atoms with van der Waals surface area (Å²) in [4.78, 5) is 27.2. The lowest BCUT2D eigenvalue weighted by Gasteiger charge is -2.31. The molecule has 0 aromatic heterocycles. The third kappa shape index (κ3) is 7.56. The van der Waals surface area contributed by atoms with Crippen molar-refractivity contribution in [2.75, 3.05) is 13.1 Å². The van der Waals surface area contributed by atoms with E-state index in [0.29, 0.717) is 18.6 Å². The van der Waals surface area contributed by atoms with E-state index < -0.39 is 6.04 Å². The maximum absolute atomic E-state index is 12.5. The number of rotatable bonds is 10. The third-order valence-electron chi connectivity index (χ3n) is 4.47. The maximum Gasteiger partial charge on any atom is 0.242 e. The van der Waals surface area contributed by atoms with Gasteiger partial charge in [-0.25, -0.2) is 0 Å². The van der Waals surface area contributed by atoms with Crippen LogP contribution in [0.5, 0.6) is 0 Å². The normalized spacial score (nSPS) is 12.7. The molecule has 1 atom stereocenters. The Morgan fingerprint density at radius 1 is 0.962 bits per heavy atom. The number of nitrogens with zero attached hydrogens (tertiary/aromatic N) is 1. The van der Waals surface area contributed by atoms with Crippen molar-refractivity contribution in [3.05, 3.63) is 35.9 Å². The average Bonchev–Trinajstić information content (AvgIpc) is 2.56. The molecule has 0 saturated carbocycles. The first-order valence-corrected chi connectivity index (χ1v) is 9.59. The van der Waals surface area contributed by atoms with E-state index >= 15 is 0 Å². The van der Waals surface area contributed by atoms with Crippen molar-refractivity contribution in [2.24, 2.45) is 5.92 Å². The van der Waals surface area contributed by atoms with Gasteiger partial charge in [-0.3, -0.25) is 14.5 Å². The van der Waals surface area contributed by atoms with Crippen LogP contribution in [0.3, 0.4) is 0 Å². The molecule has 5 nitrogen and oxygen atoms in total. The molecular formula is C21H35N3O2. The van der Waals surface area contributed by atoms with Crippen LogP contribution < -0.4 is 10.6 Å². The largest absolute Gasteiger partial charge is 0.353 e. The molecule has 0 fully saturated rings. The summed E-state index contributed by atoms with van der Waals surface area (Å²) in [6.45, 7) is 13.9. The lowest BCUT2D eigenvalue weighted by atomic mass is 10.0. The first kappa shape index (κ1) is 22.2. The SMILES string of the molecule is CC(C)C(NC(=O)Cc1ccccc1)C(=O)NCCN(C(C)C)C(C)C. The van der Waals surface area contributed by atoms with Crippen molar-refractivity contribution in [1.82, 2.24) is 15.5 Å². The molecular weight excluding hydrogens is 326 g/mol. The second-order valence-electron chi connectivity index (χ2n) is 7.67. The zero-order valence-electron chi connectivity index (χ0n) is 17.1. The maximum atomic E-state index is 12.5. The second kappa shape index (κ2) is 11.0. The van der Waals surface area contributed by atoms with Crippen LogP contribution in [-0.2, 0) is 16.0 Å². The molecule has 5 heteroatoms. The topological polar surface area (TPSA) is 61.4 Å². The fourth-order valence-corrected chi connectivity index (χ4v) is 3.07. The molecule has 0 spiro atoms. The van der Waals surface area contributed by atoms with Gasteiger partial charge in [-0.05, 0) is 39.2 Å². The van der Waals surface area contributed by atoms with Gasteiger partial charge < -0.3 is 10.6 Å². The molecule has 1 aromatic carbocycles. The van der Waals surface area contributed by atoms with Crippen molar-refractivity contribution in [3.8, 4) is 0 Å². The van der Waals surface area contributed by atoms with Gasteiger partial charge in [-0.1, -0.05) is 44.2 Å². The van der Waals surface area contributed by atoms with E-state index in [2.05, 4.69) is 43.2 Å². The quantitative estimate of drug-likeness (QED) is 0.673. The van der Waals surface area contributed by atoms with Crippen molar-refractivity contribution in [3.63, 3.8) is 0 Å². The second-order valence-corrected chi connectivity index (χ2v) is 7.67. The highest BCUT2D eigenvalue weighted by molar-refractivity contribution is 5.88. The first-order chi connectivity index (χ1) is 12.2. The predicted molar refractivity (Wildman–Crippen MR) is 107 cm³/mol. The Balaban J connectivity index is 2.54. The molecule has 26 heavy (non-hydrogen) atoms. The Bertz CT molecular complexity index is 548. The summed E-state index contributed by atoms with van der Waals surface area (Å²) in [6, 6.07) is 9.90. The fourth-order valence-electron chi connectivity index (χ4n) is 3.07. The summed E-state index contributed by atoms with van der Waals surface area (Å²) < 4.78 is 0. The molecule has 0 heterocycles. The van der Waals surface area contributed by atoms with Crippen molar-refractivity contribution in [1.29, 1.82) is 0 Å². The van der Waals surface area contributed by atoms with Crippen LogP contribution in [0.4, 0.5) is 0 Å². The minimum Gasteiger partial charge on any atom is -0.353 e. The number of amides is 2.